The smallest absolute Gasteiger partial charge is 0.415 e. The Bertz CT molecular complexity index is 1510. The molecule has 5 rings (SSSR count). The van der Waals surface area contributed by atoms with Gasteiger partial charge in [-0.2, -0.15) is 0 Å². The van der Waals surface area contributed by atoms with Crippen molar-refractivity contribution in [2.24, 2.45) is 0 Å². The molecule has 0 radical (unpaired) electrons. The second-order valence-corrected chi connectivity index (χ2v) is 11.9. The van der Waals surface area contributed by atoms with Crippen molar-refractivity contribution in [3.05, 3.63) is 83.2 Å². The third kappa shape index (κ3) is 6.66. The van der Waals surface area contributed by atoms with Gasteiger partial charge in [0.05, 0.1) is 17.5 Å². The molecule has 2 heterocycles. The number of aliphatic hydroxyl groups excluding tert-OH is 1. The molecule has 3 N–H and O–H groups in total. The Morgan fingerprint density at radius 2 is 1.86 bits per heavy atom. The van der Waals surface area contributed by atoms with Gasteiger partial charge in [0.25, 0.3) is 5.91 Å². The number of anilines is 2. The summed E-state index contributed by atoms with van der Waals surface area (Å²) >= 11 is 0. The van der Waals surface area contributed by atoms with Crippen LogP contribution in [0.3, 0.4) is 0 Å². The second kappa shape index (κ2) is 12.8. The molecule has 44 heavy (non-hydrogen) atoms. The van der Waals surface area contributed by atoms with Crippen LogP contribution in [0.15, 0.2) is 60.7 Å². The van der Waals surface area contributed by atoms with Crippen LogP contribution in [0, 0.1) is 5.82 Å². The number of hydrogen-bond donors (Lipinski definition) is 3. The first-order chi connectivity index (χ1) is 21.0. The van der Waals surface area contributed by atoms with Gasteiger partial charge in [-0.3, -0.25) is 9.69 Å². The monoisotopic (exact) mass is 605 g/mol. The largest absolute Gasteiger partial charge is 0.489 e. The molecule has 2 aliphatic heterocycles. The van der Waals surface area contributed by atoms with Crippen molar-refractivity contribution in [2.45, 2.75) is 70.8 Å². The minimum absolute atomic E-state index is 0.152. The minimum Gasteiger partial charge on any atom is -0.489 e. The average molecular weight is 606 g/mol. The molecule has 0 bridgehead atoms. The van der Waals surface area contributed by atoms with Crippen molar-refractivity contribution < 1.29 is 33.3 Å². The van der Waals surface area contributed by atoms with Crippen molar-refractivity contribution in [2.75, 3.05) is 29.9 Å². The molecule has 2 amide bonds. The Hall–Kier alpha value is -4.15. The van der Waals surface area contributed by atoms with E-state index in [1.807, 2.05) is 58.0 Å². The molecule has 0 aromatic heterocycles. The highest BCUT2D eigenvalue weighted by Crippen LogP contribution is 2.44. The molecule has 10 heteroatoms. The molecule has 1 unspecified atom stereocenters. The maximum Gasteiger partial charge on any atom is 0.415 e. The van der Waals surface area contributed by atoms with E-state index in [1.54, 1.807) is 18.2 Å². The molecule has 0 saturated carbocycles. The molecule has 3 aromatic rings. The predicted octanol–water partition coefficient (Wildman–Crippen LogP) is 6.20. The van der Waals surface area contributed by atoms with Crippen LogP contribution < -0.4 is 25.0 Å². The molecule has 0 fully saturated rings. The second-order valence-electron chi connectivity index (χ2n) is 11.9. The number of ether oxygens (including phenoxy) is 3. The summed E-state index contributed by atoms with van der Waals surface area (Å²) in [6, 6.07) is 17.6. The van der Waals surface area contributed by atoms with Gasteiger partial charge < -0.3 is 30.0 Å². The summed E-state index contributed by atoms with van der Waals surface area (Å²) in [5.74, 6) is 0.178. The molecule has 2 aliphatic rings. The number of fused-ring (bicyclic) bond motifs is 2. The Morgan fingerprint density at radius 1 is 1.11 bits per heavy atom. The van der Waals surface area contributed by atoms with E-state index in [9.17, 15) is 19.1 Å². The van der Waals surface area contributed by atoms with Crippen LogP contribution in [0.25, 0.3) is 0 Å². The van der Waals surface area contributed by atoms with Crippen LogP contribution >= 0.6 is 0 Å². The summed E-state index contributed by atoms with van der Waals surface area (Å²) < 4.78 is 32.0. The van der Waals surface area contributed by atoms with E-state index in [1.165, 1.54) is 17.0 Å². The lowest BCUT2D eigenvalue weighted by atomic mass is 9.85. The summed E-state index contributed by atoms with van der Waals surface area (Å²) in [7, 11) is 0. The highest BCUT2D eigenvalue weighted by Gasteiger charge is 2.43. The van der Waals surface area contributed by atoms with E-state index >= 15 is 0 Å². The minimum atomic E-state index is -0.997. The summed E-state index contributed by atoms with van der Waals surface area (Å²) in [4.78, 5) is 26.7. The fourth-order valence-electron chi connectivity index (χ4n) is 5.71. The van der Waals surface area contributed by atoms with Crippen LogP contribution in [-0.4, -0.2) is 42.3 Å². The van der Waals surface area contributed by atoms with E-state index in [2.05, 4.69) is 10.6 Å². The predicted molar refractivity (Wildman–Crippen MR) is 165 cm³/mol. The number of carbonyl (C=O) groups excluding carboxylic acids is 2. The summed E-state index contributed by atoms with van der Waals surface area (Å²) in [5.41, 5.74) is 1.91. The van der Waals surface area contributed by atoms with Crippen molar-refractivity contribution in [1.29, 1.82) is 0 Å². The van der Waals surface area contributed by atoms with Crippen LogP contribution in [-0.2, 0) is 21.7 Å². The van der Waals surface area contributed by atoms with E-state index in [-0.39, 0.29) is 25.6 Å². The lowest BCUT2D eigenvalue weighted by molar-refractivity contribution is -0.118. The van der Waals surface area contributed by atoms with Gasteiger partial charge in [0, 0.05) is 35.8 Å². The zero-order valence-electron chi connectivity index (χ0n) is 25.6. The Morgan fingerprint density at radius 3 is 2.59 bits per heavy atom. The number of nitrogens with zero attached hydrogens (tertiary/aromatic N) is 1. The fourth-order valence-corrected chi connectivity index (χ4v) is 5.71. The number of rotatable bonds is 12. The number of aliphatic hydroxyl groups is 1. The molecule has 1 atom stereocenters. The molecular weight excluding hydrogens is 565 g/mol. The van der Waals surface area contributed by atoms with Crippen molar-refractivity contribution in [1.82, 2.24) is 5.32 Å². The number of cyclic esters (lactones) is 1. The van der Waals surface area contributed by atoms with Gasteiger partial charge in [0.2, 0.25) is 0 Å². The normalized spacial score (nSPS) is 16.3. The van der Waals surface area contributed by atoms with Gasteiger partial charge in [-0.25, -0.2) is 9.18 Å². The number of β-amino-alcohol motifs (C(OH)–C–C–N with tert-alkyl or cyclic N) is 1. The van der Waals surface area contributed by atoms with E-state index in [0.29, 0.717) is 54.3 Å². The van der Waals surface area contributed by atoms with Crippen LogP contribution in [0.2, 0.25) is 0 Å². The van der Waals surface area contributed by atoms with Crippen molar-refractivity contribution in [3.63, 3.8) is 0 Å². The lowest BCUT2D eigenvalue weighted by Gasteiger charge is -2.42. The van der Waals surface area contributed by atoms with E-state index in [4.69, 9.17) is 14.2 Å². The van der Waals surface area contributed by atoms with Crippen LogP contribution in [0.1, 0.15) is 69.8 Å². The van der Waals surface area contributed by atoms with Crippen molar-refractivity contribution in [3.8, 4) is 11.5 Å². The van der Waals surface area contributed by atoms with Gasteiger partial charge in [0.15, 0.2) is 6.61 Å². The Balaban J connectivity index is 1.28. The molecule has 0 aliphatic carbocycles. The maximum absolute atomic E-state index is 14.3. The SMILES string of the molecule is CCC1(CC)OC(=O)N(CCC(C)(C)NCC(O)c2cc(OCc3ccccc3)cc3c2OCC(=O)N3)c2cc(F)ccc21. The molecule has 0 saturated heterocycles. The van der Waals surface area contributed by atoms with Gasteiger partial charge in [0.1, 0.15) is 29.5 Å². The quantitative estimate of drug-likeness (QED) is 0.226. The molecule has 9 nitrogen and oxygen atoms in total. The first-order valence-electron chi connectivity index (χ1n) is 15.0. The zero-order chi connectivity index (χ0) is 31.5. The third-order valence-corrected chi connectivity index (χ3v) is 8.44. The third-order valence-electron chi connectivity index (χ3n) is 8.44. The van der Waals surface area contributed by atoms with Gasteiger partial charge >= 0.3 is 6.09 Å². The standard InChI is InChI=1S/C34H40FN3O6/c1-5-34(6-2)26-13-12-23(35)16-28(26)38(32(41)44-34)15-14-33(3,4)36-19-29(39)25-17-24(42-20-22-10-8-7-9-11-22)18-27-31(25)43-21-30(40)37-27/h7-13,16-18,29,36,39H,5-6,14-15,19-21H2,1-4H3,(H,37,40). The topological polar surface area (TPSA) is 109 Å². The van der Waals surface area contributed by atoms with Crippen LogP contribution in [0.5, 0.6) is 11.5 Å². The van der Waals surface area contributed by atoms with E-state index in [0.717, 1.165) is 11.1 Å². The number of benzene rings is 3. The number of carbonyl (C=O) groups is 2. The molecule has 234 valence electrons. The molecular formula is C34H40FN3O6. The number of hydrogen-bond acceptors (Lipinski definition) is 7. The van der Waals surface area contributed by atoms with Gasteiger partial charge in [-0.1, -0.05) is 50.2 Å². The Kier molecular flexibility index (Phi) is 9.12. The summed E-state index contributed by atoms with van der Waals surface area (Å²) in [6.07, 6.45) is 0.161. The average Bonchev–Trinajstić information content (AvgIpc) is 3.01. The first kappa shape index (κ1) is 31.3. The van der Waals surface area contributed by atoms with E-state index < -0.39 is 29.2 Å². The Labute approximate surface area is 257 Å². The number of halogens is 1. The highest BCUT2D eigenvalue weighted by molar-refractivity contribution is 5.96. The summed E-state index contributed by atoms with van der Waals surface area (Å²) in [5, 5.41) is 17.5. The summed E-state index contributed by atoms with van der Waals surface area (Å²) in [6.45, 7) is 8.45. The first-order valence-corrected chi connectivity index (χ1v) is 15.0. The lowest BCUT2D eigenvalue weighted by Crippen LogP contribution is -2.49. The fraction of sp³-hybridized carbons (Fsp3) is 0.412. The highest BCUT2D eigenvalue weighted by atomic mass is 19.1. The van der Waals surface area contributed by atoms with Crippen molar-refractivity contribution >= 4 is 23.4 Å². The molecule has 0 spiro atoms. The zero-order valence-corrected chi connectivity index (χ0v) is 25.6. The number of nitrogens with one attached hydrogen (secondary N) is 2. The van der Waals surface area contributed by atoms with Crippen LogP contribution in [0.4, 0.5) is 20.6 Å². The number of amides is 2. The van der Waals surface area contributed by atoms with Gasteiger partial charge in [-0.05, 0) is 56.9 Å². The molecule has 3 aromatic carbocycles. The maximum atomic E-state index is 14.3. The van der Waals surface area contributed by atoms with Gasteiger partial charge in [-0.15, -0.1) is 0 Å².